The fraction of sp³-hybridized carbons (Fsp3) is 0.722. The van der Waals surface area contributed by atoms with E-state index in [1.165, 1.54) is 6.42 Å². The highest BCUT2D eigenvalue weighted by molar-refractivity contribution is 5.04. The van der Waals surface area contributed by atoms with E-state index in [-0.39, 0.29) is 6.10 Å². The van der Waals surface area contributed by atoms with Crippen molar-refractivity contribution in [3.8, 4) is 0 Å². The molecule has 0 amide bonds. The molecular formula is C18H29N7O. The summed E-state index contributed by atoms with van der Waals surface area (Å²) in [7, 11) is 2.09. The molecule has 8 heteroatoms. The Morgan fingerprint density at radius 3 is 2.73 bits per heavy atom. The van der Waals surface area contributed by atoms with Crippen LogP contribution in [0.5, 0.6) is 0 Å². The number of aromatic amines is 1. The Morgan fingerprint density at radius 2 is 1.96 bits per heavy atom. The van der Waals surface area contributed by atoms with Crippen LogP contribution in [0.3, 0.4) is 0 Å². The Morgan fingerprint density at radius 1 is 1.12 bits per heavy atom. The molecule has 2 fully saturated rings. The Bertz CT molecular complexity index is 690. The minimum absolute atomic E-state index is 0.135. The van der Waals surface area contributed by atoms with E-state index in [1.54, 1.807) is 0 Å². The van der Waals surface area contributed by atoms with Crippen molar-refractivity contribution in [3.05, 3.63) is 29.9 Å². The van der Waals surface area contributed by atoms with E-state index in [4.69, 9.17) is 0 Å². The van der Waals surface area contributed by atoms with Gasteiger partial charge < -0.3 is 14.7 Å². The Hall–Kier alpha value is -1.77. The van der Waals surface area contributed by atoms with Crippen molar-refractivity contribution in [3.63, 3.8) is 0 Å². The fourth-order valence-corrected chi connectivity index (χ4v) is 4.15. The molecule has 2 saturated heterocycles. The average Bonchev–Trinajstić information content (AvgIpc) is 3.28. The van der Waals surface area contributed by atoms with Gasteiger partial charge in [0.25, 0.3) is 0 Å². The smallest absolute Gasteiger partial charge is 0.146 e. The van der Waals surface area contributed by atoms with Crippen molar-refractivity contribution in [2.45, 2.75) is 50.8 Å². The second-order valence-electron chi connectivity index (χ2n) is 7.65. The van der Waals surface area contributed by atoms with Gasteiger partial charge in [-0.15, -0.1) is 10.2 Å². The van der Waals surface area contributed by atoms with Crippen LogP contribution in [0.25, 0.3) is 0 Å². The number of H-pyrrole nitrogens is 1. The first kappa shape index (κ1) is 17.6. The van der Waals surface area contributed by atoms with Crippen LogP contribution in [0.4, 0.5) is 0 Å². The lowest BCUT2D eigenvalue weighted by molar-refractivity contribution is 0.0775. The Balaban J connectivity index is 1.38. The van der Waals surface area contributed by atoms with Crippen molar-refractivity contribution >= 4 is 0 Å². The topological polar surface area (TPSA) is 86.1 Å². The number of piperidine rings is 2. The van der Waals surface area contributed by atoms with Gasteiger partial charge in [0.15, 0.2) is 0 Å². The summed E-state index contributed by atoms with van der Waals surface area (Å²) in [6.45, 7) is 5.66. The zero-order valence-electron chi connectivity index (χ0n) is 15.5. The van der Waals surface area contributed by atoms with E-state index >= 15 is 0 Å². The summed E-state index contributed by atoms with van der Waals surface area (Å²) in [5, 5.41) is 18.7. The summed E-state index contributed by atoms with van der Waals surface area (Å²) in [5.41, 5.74) is 0. The first-order valence-corrected chi connectivity index (χ1v) is 9.68. The van der Waals surface area contributed by atoms with Crippen LogP contribution in [-0.4, -0.2) is 71.9 Å². The molecule has 4 heterocycles. The summed E-state index contributed by atoms with van der Waals surface area (Å²) in [4.78, 5) is 12.4. The molecule has 2 aliphatic rings. The Kier molecular flexibility index (Phi) is 5.33. The third-order valence-electron chi connectivity index (χ3n) is 5.72. The van der Waals surface area contributed by atoms with Crippen LogP contribution in [-0.2, 0) is 20.1 Å². The molecule has 8 nitrogen and oxygen atoms in total. The number of nitrogens with zero attached hydrogens (tertiary/aromatic N) is 6. The lowest BCUT2D eigenvalue weighted by atomic mass is 9.97. The van der Waals surface area contributed by atoms with Crippen LogP contribution in [0.15, 0.2) is 12.4 Å². The minimum atomic E-state index is -0.135. The maximum Gasteiger partial charge on any atom is 0.146 e. The lowest BCUT2D eigenvalue weighted by Gasteiger charge is -2.31. The van der Waals surface area contributed by atoms with Crippen LogP contribution in [0, 0.1) is 0 Å². The SMILES string of the molecule is Cn1c(CN2CCC(O)CC2)nnc1[C@H]1CCCN(Cc2ncc[nH]2)C1. The molecule has 0 spiro atoms. The van der Waals surface area contributed by atoms with E-state index in [0.717, 1.165) is 76.0 Å². The van der Waals surface area contributed by atoms with Gasteiger partial charge in [0, 0.05) is 45.0 Å². The van der Waals surface area contributed by atoms with Crippen LogP contribution >= 0.6 is 0 Å². The Labute approximate surface area is 154 Å². The molecule has 0 bridgehead atoms. The second kappa shape index (κ2) is 7.85. The standard InChI is InChI=1S/C18H29N7O/c1-23-17(13-24-9-4-15(26)5-10-24)21-22-18(23)14-3-2-8-25(11-14)12-16-19-6-7-20-16/h6-7,14-15,26H,2-5,8-13H2,1H3,(H,19,20)/t14-/m0/s1. The average molecular weight is 359 g/mol. The number of aromatic nitrogens is 5. The summed E-state index contributed by atoms with van der Waals surface area (Å²) in [5.74, 6) is 3.57. The number of nitrogens with one attached hydrogen (secondary N) is 1. The number of aliphatic hydroxyl groups is 1. The number of hydrogen-bond acceptors (Lipinski definition) is 6. The fourth-order valence-electron chi connectivity index (χ4n) is 4.15. The molecule has 2 aromatic rings. The van der Waals surface area contributed by atoms with Crippen molar-refractivity contribution in [2.75, 3.05) is 26.2 Å². The van der Waals surface area contributed by atoms with Gasteiger partial charge >= 0.3 is 0 Å². The summed E-state index contributed by atoms with van der Waals surface area (Å²) < 4.78 is 2.19. The molecule has 2 N–H and O–H groups in total. The number of aliphatic hydroxyl groups excluding tert-OH is 1. The highest BCUT2D eigenvalue weighted by Crippen LogP contribution is 2.26. The van der Waals surface area contributed by atoms with E-state index < -0.39 is 0 Å². The highest BCUT2D eigenvalue weighted by atomic mass is 16.3. The number of likely N-dealkylation sites (tertiary alicyclic amines) is 2. The molecule has 0 radical (unpaired) electrons. The van der Waals surface area contributed by atoms with E-state index in [1.807, 2.05) is 12.4 Å². The van der Waals surface area contributed by atoms with Crippen LogP contribution < -0.4 is 0 Å². The third kappa shape index (κ3) is 3.97. The normalized spacial score (nSPS) is 23.5. The summed E-state index contributed by atoms with van der Waals surface area (Å²) in [6.07, 6.45) is 7.61. The monoisotopic (exact) mass is 359 g/mol. The van der Waals surface area contributed by atoms with E-state index in [9.17, 15) is 5.11 Å². The first-order chi connectivity index (χ1) is 12.7. The molecule has 2 aliphatic heterocycles. The molecule has 1 atom stereocenters. The number of rotatable bonds is 5. The van der Waals surface area contributed by atoms with E-state index in [2.05, 4.69) is 41.6 Å². The van der Waals surface area contributed by atoms with Crippen molar-refractivity contribution in [1.82, 2.24) is 34.5 Å². The van der Waals surface area contributed by atoms with Crippen molar-refractivity contribution in [1.29, 1.82) is 0 Å². The molecule has 0 unspecified atom stereocenters. The maximum absolute atomic E-state index is 9.67. The zero-order valence-corrected chi connectivity index (χ0v) is 15.5. The first-order valence-electron chi connectivity index (χ1n) is 9.68. The molecule has 26 heavy (non-hydrogen) atoms. The number of hydrogen-bond donors (Lipinski definition) is 2. The largest absolute Gasteiger partial charge is 0.393 e. The van der Waals surface area contributed by atoms with Gasteiger partial charge in [0.1, 0.15) is 17.5 Å². The molecule has 142 valence electrons. The maximum atomic E-state index is 9.67. The molecular weight excluding hydrogens is 330 g/mol. The molecule has 0 aromatic carbocycles. The van der Waals surface area contributed by atoms with Gasteiger partial charge in [-0.3, -0.25) is 9.80 Å². The predicted molar refractivity (Wildman–Crippen MR) is 97.4 cm³/mol. The quantitative estimate of drug-likeness (QED) is 0.824. The van der Waals surface area contributed by atoms with Crippen molar-refractivity contribution < 1.29 is 5.11 Å². The lowest BCUT2D eigenvalue weighted by Crippen LogP contribution is -2.36. The molecule has 0 aliphatic carbocycles. The predicted octanol–water partition coefficient (Wildman–Crippen LogP) is 0.874. The van der Waals surface area contributed by atoms with E-state index in [0.29, 0.717) is 5.92 Å². The number of imidazole rings is 1. The van der Waals surface area contributed by atoms with Gasteiger partial charge in [-0.05, 0) is 32.2 Å². The minimum Gasteiger partial charge on any atom is -0.393 e. The third-order valence-corrected chi connectivity index (χ3v) is 5.72. The summed E-state index contributed by atoms with van der Waals surface area (Å²) in [6, 6.07) is 0. The van der Waals surface area contributed by atoms with Gasteiger partial charge in [-0.1, -0.05) is 0 Å². The van der Waals surface area contributed by atoms with Gasteiger partial charge in [-0.25, -0.2) is 4.98 Å². The summed E-state index contributed by atoms with van der Waals surface area (Å²) >= 11 is 0. The van der Waals surface area contributed by atoms with Crippen LogP contribution in [0.1, 0.15) is 49.1 Å². The molecule has 4 rings (SSSR count). The van der Waals surface area contributed by atoms with Gasteiger partial charge in [-0.2, -0.15) is 0 Å². The molecule has 2 aromatic heterocycles. The molecule has 0 saturated carbocycles. The van der Waals surface area contributed by atoms with Gasteiger partial charge in [0.05, 0.1) is 19.2 Å². The zero-order chi connectivity index (χ0) is 17.9. The van der Waals surface area contributed by atoms with Crippen LogP contribution in [0.2, 0.25) is 0 Å². The van der Waals surface area contributed by atoms with Gasteiger partial charge in [0.2, 0.25) is 0 Å². The highest BCUT2D eigenvalue weighted by Gasteiger charge is 2.27. The van der Waals surface area contributed by atoms with Crippen molar-refractivity contribution in [2.24, 2.45) is 7.05 Å². The second-order valence-corrected chi connectivity index (χ2v) is 7.65.